The number of pyridine rings is 2. The number of fused-ring (bicyclic) bond motifs is 2. The Morgan fingerprint density at radius 3 is 2.84 bits per heavy atom. The van der Waals surface area contributed by atoms with Gasteiger partial charge in [0.1, 0.15) is 11.5 Å². The van der Waals surface area contributed by atoms with Crippen LogP contribution in [0.4, 0.5) is 13.2 Å². The van der Waals surface area contributed by atoms with E-state index in [1.165, 1.54) is 0 Å². The van der Waals surface area contributed by atoms with Gasteiger partial charge in [0.25, 0.3) is 5.92 Å². The van der Waals surface area contributed by atoms with Gasteiger partial charge in [-0.25, -0.2) is 23.1 Å². The number of benzene rings is 1. The average molecular weight is 532 g/mol. The lowest BCUT2D eigenvalue weighted by atomic mass is 10.0. The van der Waals surface area contributed by atoms with E-state index in [1.54, 1.807) is 53.0 Å². The van der Waals surface area contributed by atoms with Crippen molar-refractivity contribution in [2.75, 3.05) is 13.1 Å². The summed E-state index contributed by atoms with van der Waals surface area (Å²) < 4.78 is 43.3. The summed E-state index contributed by atoms with van der Waals surface area (Å²) in [5, 5.41) is 9.57. The minimum absolute atomic E-state index is 0.152. The van der Waals surface area contributed by atoms with E-state index >= 15 is 4.39 Å². The highest BCUT2D eigenvalue weighted by molar-refractivity contribution is 7.13. The van der Waals surface area contributed by atoms with Crippen molar-refractivity contribution in [3.8, 4) is 33.1 Å². The quantitative estimate of drug-likeness (QED) is 0.274. The van der Waals surface area contributed by atoms with Crippen LogP contribution in [0, 0.1) is 5.82 Å². The number of alkyl halides is 2. The number of rotatable bonds is 5. The number of aromatic nitrogens is 6. The predicted octanol–water partition coefficient (Wildman–Crippen LogP) is 6.27. The molecule has 1 aromatic carbocycles. The minimum Gasteiger partial charge on any atom is -0.335 e. The zero-order chi connectivity index (χ0) is 25.9. The smallest absolute Gasteiger partial charge is 0.261 e. The number of hydrogen-bond donors (Lipinski definition) is 2. The first-order valence-corrected chi connectivity index (χ1v) is 12.9. The van der Waals surface area contributed by atoms with Crippen molar-refractivity contribution in [2.45, 2.75) is 18.9 Å². The number of nitrogens with zero attached hydrogens (tertiary/aromatic N) is 5. The molecule has 2 N–H and O–H groups in total. The number of H-pyrrole nitrogens is 2. The fourth-order valence-electron chi connectivity index (χ4n) is 5.05. The van der Waals surface area contributed by atoms with Crippen LogP contribution >= 0.6 is 11.3 Å². The topological polar surface area (TPSA) is 86.4 Å². The molecule has 0 atom stereocenters. The Hall–Kier alpha value is -4.09. The van der Waals surface area contributed by atoms with Crippen LogP contribution in [0.1, 0.15) is 12.0 Å². The molecule has 1 aliphatic rings. The van der Waals surface area contributed by atoms with E-state index in [2.05, 4.69) is 30.1 Å². The molecule has 1 fully saturated rings. The highest BCUT2D eigenvalue weighted by atomic mass is 32.1. The molecule has 0 bridgehead atoms. The molecule has 0 saturated carbocycles. The molecule has 6 heterocycles. The first-order chi connectivity index (χ1) is 18.4. The van der Waals surface area contributed by atoms with Gasteiger partial charge in [-0.15, -0.1) is 11.3 Å². The molecule has 38 heavy (non-hydrogen) atoms. The molecular weight excluding hydrogens is 511 g/mol. The summed E-state index contributed by atoms with van der Waals surface area (Å²) in [6.07, 6.45) is 4.75. The van der Waals surface area contributed by atoms with E-state index < -0.39 is 11.7 Å². The molecule has 5 aromatic heterocycles. The highest BCUT2D eigenvalue weighted by Crippen LogP contribution is 2.36. The standard InChI is InChI=1S/C27H20F3N7S/c28-22-17(16-10-15(11-31-12-16)13-37-8-6-27(29,30)14-37)3-4-19-21(22)24(36-35-19)26-33-23-18(20-2-1-9-38-20)5-7-32-25(23)34-26/h1-5,7,9-12H,6,8,13-14H2,(H,35,36)(H,32,33,34). The summed E-state index contributed by atoms with van der Waals surface area (Å²) in [6, 6.07) is 11.1. The van der Waals surface area contributed by atoms with Gasteiger partial charge in [0.15, 0.2) is 11.5 Å². The fourth-order valence-corrected chi connectivity index (χ4v) is 5.81. The maximum atomic E-state index is 16.1. The van der Waals surface area contributed by atoms with Crippen molar-refractivity contribution in [1.82, 2.24) is 35.0 Å². The lowest BCUT2D eigenvalue weighted by molar-refractivity contribution is 0.0115. The number of thiophene rings is 1. The summed E-state index contributed by atoms with van der Waals surface area (Å²) in [5.41, 5.74) is 4.75. The Morgan fingerprint density at radius 2 is 2.03 bits per heavy atom. The number of hydrogen-bond acceptors (Lipinski definition) is 6. The highest BCUT2D eigenvalue weighted by Gasteiger charge is 2.38. The van der Waals surface area contributed by atoms with E-state index in [9.17, 15) is 8.78 Å². The van der Waals surface area contributed by atoms with Crippen LogP contribution in [0.15, 0.2) is 60.4 Å². The second kappa shape index (κ2) is 8.74. The van der Waals surface area contributed by atoms with Crippen molar-refractivity contribution in [3.63, 3.8) is 0 Å². The molecular formula is C27H20F3N7S. The Kier molecular flexibility index (Phi) is 5.31. The molecule has 0 radical (unpaired) electrons. The molecule has 7 rings (SSSR count). The SMILES string of the molecule is Fc1c(-c2cncc(CN3CCC(F)(F)C3)c2)ccc2[nH]nc(-c3nc4nccc(-c5cccs5)c4[nH]3)c12. The molecule has 11 heteroatoms. The third-order valence-corrected chi connectivity index (χ3v) is 7.73. The van der Waals surface area contributed by atoms with Gasteiger partial charge < -0.3 is 4.98 Å². The van der Waals surface area contributed by atoms with E-state index in [-0.39, 0.29) is 13.0 Å². The normalized spacial score (nSPS) is 15.7. The Bertz CT molecular complexity index is 1790. The number of imidazole rings is 1. The first-order valence-electron chi connectivity index (χ1n) is 12.1. The van der Waals surface area contributed by atoms with Gasteiger partial charge in [0.2, 0.25) is 0 Å². The summed E-state index contributed by atoms with van der Waals surface area (Å²) in [7, 11) is 0. The summed E-state index contributed by atoms with van der Waals surface area (Å²) >= 11 is 1.61. The zero-order valence-electron chi connectivity index (χ0n) is 19.9. The maximum absolute atomic E-state index is 16.1. The van der Waals surface area contributed by atoms with Crippen LogP contribution in [0.5, 0.6) is 0 Å². The van der Waals surface area contributed by atoms with E-state index in [0.717, 1.165) is 21.5 Å². The van der Waals surface area contributed by atoms with Gasteiger partial charge in [-0.05, 0) is 41.3 Å². The Balaban J connectivity index is 1.28. The first kappa shape index (κ1) is 23.1. The molecule has 6 aromatic rings. The molecule has 7 nitrogen and oxygen atoms in total. The minimum atomic E-state index is -2.67. The number of nitrogens with one attached hydrogen (secondary N) is 2. The maximum Gasteiger partial charge on any atom is 0.261 e. The fraction of sp³-hybridized carbons (Fsp3) is 0.185. The van der Waals surface area contributed by atoms with E-state index in [4.69, 9.17) is 0 Å². The van der Waals surface area contributed by atoms with Crippen LogP contribution in [0.25, 0.3) is 55.2 Å². The summed E-state index contributed by atoms with van der Waals surface area (Å²) in [6.45, 7) is 0.364. The van der Waals surface area contributed by atoms with Crippen LogP contribution < -0.4 is 0 Å². The third kappa shape index (κ3) is 3.95. The predicted molar refractivity (Wildman–Crippen MR) is 140 cm³/mol. The number of likely N-dealkylation sites (tertiary alicyclic amines) is 1. The van der Waals surface area contributed by atoms with Crippen molar-refractivity contribution in [2.24, 2.45) is 0 Å². The van der Waals surface area contributed by atoms with Gasteiger partial charge in [0.05, 0.1) is 23.0 Å². The number of aromatic amines is 2. The largest absolute Gasteiger partial charge is 0.335 e. The summed E-state index contributed by atoms with van der Waals surface area (Å²) in [4.78, 5) is 19.3. The average Bonchev–Trinajstić information content (AvgIpc) is 3.70. The van der Waals surface area contributed by atoms with Crippen LogP contribution in [0.3, 0.4) is 0 Å². The molecule has 1 saturated heterocycles. The van der Waals surface area contributed by atoms with Gasteiger partial charge in [0, 0.05) is 59.7 Å². The van der Waals surface area contributed by atoms with Gasteiger partial charge in [-0.1, -0.05) is 6.07 Å². The molecule has 0 spiro atoms. The molecule has 1 aliphatic heterocycles. The molecule has 0 aliphatic carbocycles. The van der Waals surface area contributed by atoms with E-state index in [0.29, 0.717) is 52.3 Å². The van der Waals surface area contributed by atoms with Crippen LogP contribution in [-0.4, -0.2) is 54.0 Å². The monoisotopic (exact) mass is 531 g/mol. The third-order valence-electron chi connectivity index (χ3n) is 6.83. The van der Waals surface area contributed by atoms with Gasteiger partial charge in [-0.3, -0.25) is 15.0 Å². The Morgan fingerprint density at radius 1 is 1.11 bits per heavy atom. The van der Waals surface area contributed by atoms with Crippen LogP contribution in [0.2, 0.25) is 0 Å². The molecule has 0 unspecified atom stereocenters. The van der Waals surface area contributed by atoms with Crippen molar-refractivity contribution in [1.29, 1.82) is 0 Å². The summed E-state index contributed by atoms with van der Waals surface area (Å²) in [5.74, 6) is -2.73. The van der Waals surface area contributed by atoms with Crippen molar-refractivity contribution in [3.05, 3.63) is 71.7 Å². The lowest BCUT2D eigenvalue weighted by Gasteiger charge is -2.16. The second-order valence-electron chi connectivity index (χ2n) is 9.44. The molecule has 190 valence electrons. The second-order valence-corrected chi connectivity index (χ2v) is 10.4. The van der Waals surface area contributed by atoms with E-state index in [1.807, 2.05) is 23.6 Å². The van der Waals surface area contributed by atoms with Crippen molar-refractivity contribution < 1.29 is 13.2 Å². The lowest BCUT2D eigenvalue weighted by Crippen LogP contribution is -2.24. The molecule has 0 amide bonds. The number of halogens is 3. The van der Waals surface area contributed by atoms with Crippen LogP contribution in [-0.2, 0) is 6.54 Å². The van der Waals surface area contributed by atoms with Gasteiger partial charge >= 0.3 is 0 Å². The zero-order valence-corrected chi connectivity index (χ0v) is 20.7. The van der Waals surface area contributed by atoms with Crippen molar-refractivity contribution >= 4 is 33.4 Å². The Labute approximate surface area is 218 Å². The van der Waals surface area contributed by atoms with Gasteiger partial charge in [-0.2, -0.15) is 5.10 Å².